The lowest BCUT2D eigenvalue weighted by atomic mass is 10.2. The highest BCUT2D eigenvalue weighted by atomic mass is 32.2. The van der Waals surface area contributed by atoms with E-state index >= 15 is 0 Å². The molecule has 3 aromatic carbocycles. The largest absolute Gasteiger partial charge is 0.497 e. The molecule has 0 fully saturated rings. The lowest BCUT2D eigenvalue weighted by Gasteiger charge is -2.13. The predicted octanol–water partition coefficient (Wildman–Crippen LogP) is 5.06. The summed E-state index contributed by atoms with van der Waals surface area (Å²) >= 11 is 1.43. The molecule has 3 rings (SSSR count). The third-order valence-electron chi connectivity index (χ3n) is 4.53. The van der Waals surface area contributed by atoms with Crippen LogP contribution in [0.4, 0.5) is 11.4 Å². The number of hydrogen-bond donors (Lipinski definition) is 2. The first kappa shape index (κ1) is 24.2. The van der Waals surface area contributed by atoms with Gasteiger partial charge in [-0.3, -0.25) is 9.52 Å². The van der Waals surface area contributed by atoms with Gasteiger partial charge in [-0.15, -0.1) is 0 Å². The van der Waals surface area contributed by atoms with Crippen LogP contribution in [0.3, 0.4) is 0 Å². The Morgan fingerprint density at radius 1 is 0.939 bits per heavy atom. The molecule has 0 spiro atoms. The van der Waals surface area contributed by atoms with Crippen molar-refractivity contribution in [2.75, 3.05) is 24.3 Å². The van der Waals surface area contributed by atoms with Gasteiger partial charge < -0.3 is 14.8 Å². The van der Waals surface area contributed by atoms with Crippen LogP contribution >= 0.6 is 11.8 Å². The Hall–Kier alpha value is -3.43. The Morgan fingerprint density at radius 2 is 1.64 bits per heavy atom. The van der Waals surface area contributed by atoms with Gasteiger partial charge >= 0.3 is 0 Å². The number of carbonyl (C=O) groups excluding carboxylic acids is 1. The van der Waals surface area contributed by atoms with Crippen molar-refractivity contribution < 1.29 is 22.7 Å². The quantitative estimate of drug-likeness (QED) is 0.326. The molecule has 0 saturated carbocycles. The van der Waals surface area contributed by atoms with E-state index in [-0.39, 0.29) is 16.5 Å². The molecule has 33 heavy (non-hydrogen) atoms. The highest BCUT2D eigenvalue weighted by molar-refractivity contribution is 8.02. The van der Waals surface area contributed by atoms with E-state index in [0.29, 0.717) is 17.2 Å². The van der Waals surface area contributed by atoms with Gasteiger partial charge in [0.1, 0.15) is 11.5 Å². The lowest BCUT2D eigenvalue weighted by molar-refractivity contribution is -0.111. The van der Waals surface area contributed by atoms with Crippen molar-refractivity contribution in [3.05, 3.63) is 83.8 Å². The SMILES string of the molecule is COc1ccc(NS(=O)(=O)c2ccc(NC(=O)C=CSc3ccc(C)cc3)cc2)c(OC)c1. The van der Waals surface area contributed by atoms with Crippen LogP contribution in [0.5, 0.6) is 11.5 Å². The number of methoxy groups -OCH3 is 2. The Kier molecular flexibility index (Phi) is 8.02. The third-order valence-corrected chi connectivity index (χ3v) is 6.73. The predicted molar refractivity (Wildman–Crippen MR) is 132 cm³/mol. The van der Waals surface area contributed by atoms with Crippen molar-refractivity contribution in [2.24, 2.45) is 0 Å². The fourth-order valence-corrected chi connectivity index (χ4v) is 4.49. The second-order valence-electron chi connectivity index (χ2n) is 6.92. The van der Waals surface area contributed by atoms with Crippen LogP contribution in [-0.4, -0.2) is 28.5 Å². The number of amides is 1. The number of nitrogens with one attached hydrogen (secondary N) is 2. The number of aryl methyl sites for hydroxylation is 1. The molecule has 0 aliphatic carbocycles. The summed E-state index contributed by atoms with van der Waals surface area (Å²) in [6.45, 7) is 2.01. The van der Waals surface area contributed by atoms with E-state index in [4.69, 9.17) is 9.47 Å². The molecule has 9 heteroatoms. The van der Waals surface area contributed by atoms with Gasteiger partial charge in [0.25, 0.3) is 10.0 Å². The average molecular weight is 485 g/mol. The van der Waals surface area contributed by atoms with Gasteiger partial charge in [-0.05, 0) is 60.9 Å². The molecule has 172 valence electrons. The minimum atomic E-state index is -3.86. The van der Waals surface area contributed by atoms with Gasteiger partial charge in [0, 0.05) is 22.7 Å². The number of thioether (sulfide) groups is 1. The van der Waals surface area contributed by atoms with Crippen molar-refractivity contribution in [3.63, 3.8) is 0 Å². The standard InChI is InChI=1S/C24H24N2O5S2/c1-17-4-9-20(10-5-17)32-15-14-24(27)25-18-6-11-21(12-7-18)33(28,29)26-22-13-8-19(30-2)16-23(22)31-3/h4-16,26H,1-3H3,(H,25,27). The van der Waals surface area contributed by atoms with Crippen molar-refractivity contribution in [1.29, 1.82) is 0 Å². The summed E-state index contributed by atoms with van der Waals surface area (Å²) in [6, 6.07) is 18.6. The van der Waals surface area contributed by atoms with E-state index in [1.807, 2.05) is 31.2 Å². The number of sulfonamides is 1. The van der Waals surface area contributed by atoms with Crippen LogP contribution < -0.4 is 19.5 Å². The Balaban J connectivity index is 1.62. The molecule has 0 radical (unpaired) electrons. The van der Waals surface area contributed by atoms with E-state index in [0.717, 1.165) is 4.90 Å². The Labute approximate surface area is 197 Å². The maximum Gasteiger partial charge on any atom is 0.262 e. The molecule has 1 amide bonds. The van der Waals surface area contributed by atoms with Crippen LogP contribution in [0.2, 0.25) is 0 Å². The van der Waals surface area contributed by atoms with E-state index in [2.05, 4.69) is 10.0 Å². The first-order chi connectivity index (χ1) is 15.8. The summed E-state index contributed by atoms with van der Waals surface area (Å²) in [5, 5.41) is 4.41. The smallest absolute Gasteiger partial charge is 0.262 e. The van der Waals surface area contributed by atoms with Crippen molar-refractivity contribution in [1.82, 2.24) is 0 Å². The highest BCUT2D eigenvalue weighted by Gasteiger charge is 2.17. The summed E-state index contributed by atoms with van der Waals surface area (Å²) in [7, 11) is -0.906. The molecular weight excluding hydrogens is 460 g/mol. The topological polar surface area (TPSA) is 93.7 Å². The Morgan fingerprint density at radius 3 is 2.27 bits per heavy atom. The summed E-state index contributed by atoms with van der Waals surface area (Å²) in [5.41, 5.74) is 1.93. The van der Waals surface area contributed by atoms with E-state index in [1.165, 1.54) is 61.9 Å². The third kappa shape index (κ3) is 6.77. The normalized spacial score (nSPS) is 11.2. The molecule has 3 aromatic rings. The molecule has 0 aliphatic heterocycles. The molecule has 0 bridgehead atoms. The minimum Gasteiger partial charge on any atom is -0.497 e. The molecule has 7 nitrogen and oxygen atoms in total. The Bertz CT molecular complexity index is 1240. The number of carbonyl (C=O) groups is 1. The van der Waals surface area contributed by atoms with Crippen molar-refractivity contribution >= 4 is 39.1 Å². The van der Waals surface area contributed by atoms with Crippen molar-refractivity contribution in [3.8, 4) is 11.5 Å². The molecule has 0 aromatic heterocycles. The maximum atomic E-state index is 12.8. The molecule has 0 aliphatic rings. The number of rotatable bonds is 9. The fraction of sp³-hybridized carbons (Fsp3) is 0.125. The second kappa shape index (κ2) is 10.9. The number of hydrogen-bond acceptors (Lipinski definition) is 6. The zero-order valence-corrected chi connectivity index (χ0v) is 20.0. The van der Waals surface area contributed by atoms with Gasteiger partial charge in [0.2, 0.25) is 5.91 Å². The number of ether oxygens (including phenoxy) is 2. The monoisotopic (exact) mass is 484 g/mol. The summed E-state index contributed by atoms with van der Waals surface area (Å²) in [4.78, 5) is 13.2. The molecule has 0 atom stereocenters. The molecule has 0 heterocycles. The average Bonchev–Trinajstić information content (AvgIpc) is 2.81. The van der Waals surface area contributed by atoms with Crippen LogP contribution in [0.1, 0.15) is 5.56 Å². The molecule has 2 N–H and O–H groups in total. The zero-order valence-electron chi connectivity index (χ0n) is 18.4. The van der Waals surface area contributed by atoms with Crippen molar-refractivity contribution in [2.45, 2.75) is 16.7 Å². The fourth-order valence-electron chi connectivity index (χ4n) is 2.78. The van der Waals surface area contributed by atoms with Crippen LogP contribution in [0.25, 0.3) is 0 Å². The zero-order chi connectivity index (χ0) is 23.8. The minimum absolute atomic E-state index is 0.0452. The number of anilines is 2. The van der Waals surface area contributed by atoms with Gasteiger partial charge in [-0.1, -0.05) is 29.5 Å². The summed E-state index contributed by atoms with van der Waals surface area (Å²) < 4.78 is 38.4. The van der Waals surface area contributed by atoms with Gasteiger partial charge in [-0.2, -0.15) is 0 Å². The summed E-state index contributed by atoms with van der Waals surface area (Å²) in [6.07, 6.45) is 1.42. The van der Waals surface area contributed by atoms with E-state index < -0.39 is 10.0 Å². The first-order valence-corrected chi connectivity index (χ1v) is 12.2. The second-order valence-corrected chi connectivity index (χ2v) is 9.58. The molecular formula is C24H24N2O5S2. The molecule has 0 saturated heterocycles. The van der Waals surface area contributed by atoms with Crippen LogP contribution in [-0.2, 0) is 14.8 Å². The van der Waals surface area contributed by atoms with Crippen LogP contribution in [0.15, 0.2) is 88.0 Å². The summed E-state index contributed by atoms with van der Waals surface area (Å²) in [5.74, 6) is 0.560. The highest BCUT2D eigenvalue weighted by Crippen LogP contribution is 2.31. The van der Waals surface area contributed by atoms with Gasteiger partial charge in [-0.25, -0.2) is 8.42 Å². The lowest BCUT2D eigenvalue weighted by Crippen LogP contribution is -2.14. The molecule has 0 unspecified atom stereocenters. The maximum absolute atomic E-state index is 12.8. The van der Waals surface area contributed by atoms with E-state index in [9.17, 15) is 13.2 Å². The first-order valence-electron chi connectivity index (χ1n) is 9.86. The van der Waals surface area contributed by atoms with E-state index in [1.54, 1.807) is 23.6 Å². The number of benzene rings is 3. The van der Waals surface area contributed by atoms with Gasteiger partial charge in [0.05, 0.1) is 24.8 Å². The van der Waals surface area contributed by atoms with Crippen LogP contribution in [0, 0.1) is 6.92 Å². The van der Waals surface area contributed by atoms with Gasteiger partial charge in [0.15, 0.2) is 0 Å².